The number of methoxy groups -OCH3 is 2. The Morgan fingerprint density at radius 3 is 2.30 bits per heavy atom. The Morgan fingerprint density at radius 2 is 1.58 bits per heavy atom. The van der Waals surface area contributed by atoms with Gasteiger partial charge in [-0.3, -0.25) is 9.69 Å². The molecule has 3 atom stereocenters. The predicted octanol–water partition coefficient (Wildman–Crippen LogP) is 4.67. The van der Waals surface area contributed by atoms with Crippen LogP contribution < -0.4 is 30.3 Å². The highest BCUT2D eigenvalue weighted by atomic mass is 32.2. The van der Waals surface area contributed by atoms with Gasteiger partial charge in [0.2, 0.25) is 23.6 Å². The van der Waals surface area contributed by atoms with Crippen LogP contribution in [0.25, 0.3) is 0 Å². The number of nitrogens with one attached hydrogen (secondary N) is 3. The lowest BCUT2D eigenvalue weighted by Crippen LogP contribution is -2.48. The zero-order chi connectivity index (χ0) is 37.3. The van der Waals surface area contributed by atoms with Crippen molar-refractivity contribution in [2.75, 3.05) is 103 Å². The minimum atomic E-state index is -0.0388. The Labute approximate surface area is 322 Å². The van der Waals surface area contributed by atoms with Crippen LogP contribution in [0.5, 0.6) is 11.8 Å². The zero-order valence-corrected chi connectivity index (χ0v) is 33.1. The minimum Gasteiger partial charge on any atom is -0.480 e. The van der Waals surface area contributed by atoms with E-state index in [1.54, 1.807) is 14.2 Å². The van der Waals surface area contributed by atoms with Crippen LogP contribution in [0.3, 0.4) is 0 Å². The first kappa shape index (κ1) is 41.1. The summed E-state index contributed by atoms with van der Waals surface area (Å²) >= 11 is 3.43. The summed E-state index contributed by atoms with van der Waals surface area (Å²) in [5, 5.41) is 9.55. The molecule has 0 saturated carbocycles. The number of rotatable bonds is 24. The second-order valence-electron chi connectivity index (χ2n) is 13.2. The second kappa shape index (κ2) is 22.4. The molecule has 4 heterocycles. The third-order valence-electron chi connectivity index (χ3n) is 9.50. The van der Waals surface area contributed by atoms with Gasteiger partial charge in [0.05, 0.1) is 59.3 Å². The molecule has 0 spiro atoms. The topological polar surface area (TPSA) is 149 Å². The van der Waals surface area contributed by atoms with Gasteiger partial charge in [-0.15, -0.1) is 0 Å². The van der Waals surface area contributed by atoms with Crippen molar-refractivity contribution >= 4 is 47.1 Å². The van der Waals surface area contributed by atoms with Gasteiger partial charge >= 0.3 is 6.03 Å². The first-order chi connectivity index (χ1) is 26.0. The van der Waals surface area contributed by atoms with Gasteiger partial charge in [0.1, 0.15) is 4.90 Å². The van der Waals surface area contributed by atoms with E-state index in [0.717, 1.165) is 62.1 Å². The molecule has 3 unspecified atom stereocenters. The molecule has 0 radical (unpaired) electrons. The molecule has 16 heteroatoms. The second-order valence-corrected chi connectivity index (χ2v) is 15.6. The molecule has 0 bridgehead atoms. The summed E-state index contributed by atoms with van der Waals surface area (Å²) in [6.45, 7) is 9.74. The molecule has 2 aromatic rings. The standard InChI is InChI=1S/C37H57N7O7S2/c1-4-31(45)38-27-11-10-12-28(25-27)53-33-34(47-2)41-36(42-35(33)48-3)44-16-14-43(15-17-44)18-20-50-22-24-51-23-21-49-19-9-7-5-6-8-13-30-32-29(26-52-30)39-37(46)40-32/h10-12,25,29-30,32H,4-9,13-24,26H2,1-3H3,(H,38,45)(H2,39,40,46). The van der Waals surface area contributed by atoms with Crippen LogP contribution in [0.1, 0.15) is 51.9 Å². The molecule has 14 nitrogen and oxygen atoms in total. The van der Waals surface area contributed by atoms with E-state index < -0.39 is 0 Å². The number of thioether (sulfide) groups is 1. The SMILES string of the molecule is CCC(=O)Nc1cccc(Sc2c(OC)nc(N3CCN(CCOCCOCCOCCCCCCCC4SCC5NC(=O)NC54)CC3)nc2OC)c1. The predicted molar refractivity (Wildman–Crippen MR) is 209 cm³/mol. The van der Waals surface area contributed by atoms with E-state index >= 15 is 0 Å². The number of nitrogens with zero attached hydrogens (tertiary/aromatic N) is 4. The van der Waals surface area contributed by atoms with E-state index in [-0.39, 0.29) is 11.9 Å². The third kappa shape index (κ3) is 13.1. The van der Waals surface area contributed by atoms with Gasteiger partial charge < -0.3 is 44.5 Å². The van der Waals surface area contributed by atoms with Crippen LogP contribution in [0.4, 0.5) is 16.4 Å². The smallest absolute Gasteiger partial charge is 0.315 e. The lowest BCUT2D eigenvalue weighted by atomic mass is 10.0. The molecule has 1 aromatic carbocycles. The number of carbonyl (C=O) groups excluding carboxylic acids is 2. The van der Waals surface area contributed by atoms with E-state index in [0.29, 0.717) is 79.4 Å². The number of anilines is 2. The molecule has 3 fully saturated rings. The van der Waals surface area contributed by atoms with Crippen molar-refractivity contribution in [1.29, 1.82) is 0 Å². The van der Waals surface area contributed by atoms with E-state index in [4.69, 9.17) is 33.7 Å². The van der Waals surface area contributed by atoms with E-state index in [2.05, 4.69) is 25.8 Å². The molecule has 53 heavy (non-hydrogen) atoms. The van der Waals surface area contributed by atoms with Crippen LogP contribution in [0, 0.1) is 0 Å². The normalized spacial score (nSPS) is 19.9. The number of carbonyl (C=O) groups is 2. The van der Waals surface area contributed by atoms with E-state index in [1.165, 1.54) is 43.9 Å². The number of urea groups is 1. The summed E-state index contributed by atoms with van der Waals surface area (Å²) in [4.78, 5) is 39.0. The highest BCUT2D eigenvalue weighted by molar-refractivity contribution is 8.00. The van der Waals surface area contributed by atoms with Crippen LogP contribution in [-0.4, -0.2) is 136 Å². The van der Waals surface area contributed by atoms with Crippen molar-refractivity contribution in [1.82, 2.24) is 25.5 Å². The van der Waals surface area contributed by atoms with Gasteiger partial charge in [0.25, 0.3) is 0 Å². The quantitative estimate of drug-likeness (QED) is 0.100. The molecule has 294 valence electrons. The van der Waals surface area contributed by atoms with Crippen LogP contribution in [0.2, 0.25) is 0 Å². The van der Waals surface area contributed by atoms with Crippen LogP contribution in [0.15, 0.2) is 34.1 Å². The number of ether oxygens (including phenoxy) is 5. The van der Waals surface area contributed by atoms with Crippen molar-refractivity contribution in [3.63, 3.8) is 0 Å². The summed E-state index contributed by atoms with van der Waals surface area (Å²) in [5.74, 6) is 2.46. The Hall–Kier alpha value is -3.02. The molecule has 0 aliphatic carbocycles. The van der Waals surface area contributed by atoms with Gasteiger partial charge in [-0.2, -0.15) is 21.7 Å². The highest BCUT2D eigenvalue weighted by Crippen LogP contribution is 2.41. The van der Waals surface area contributed by atoms with Crippen LogP contribution >= 0.6 is 23.5 Å². The average Bonchev–Trinajstić information content (AvgIpc) is 3.73. The maximum absolute atomic E-state index is 11.9. The fourth-order valence-electron chi connectivity index (χ4n) is 6.54. The number of aromatic nitrogens is 2. The zero-order valence-electron chi connectivity index (χ0n) is 31.4. The number of hydrogen-bond donors (Lipinski definition) is 3. The molecule has 1 aromatic heterocycles. The van der Waals surface area contributed by atoms with Crippen molar-refractivity contribution in [3.8, 4) is 11.8 Å². The lowest BCUT2D eigenvalue weighted by Gasteiger charge is -2.34. The Morgan fingerprint density at radius 1 is 0.906 bits per heavy atom. The Balaban J connectivity index is 0.870. The number of amides is 3. The molecular formula is C37H57N7O7S2. The first-order valence-electron chi connectivity index (χ1n) is 18.9. The Kier molecular flexibility index (Phi) is 17.4. The molecular weight excluding hydrogens is 719 g/mol. The van der Waals surface area contributed by atoms with Crippen molar-refractivity contribution < 1.29 is 33.3 Å². The molecule has 5 rings (SSSR count). The minimum absolute atomic E-state index is 0.00106. The lowest BCUT2D eigenvalue weighted by molar-refractivity contribution is -0.115. The third-order valence-corrected chi connectivity index (χ3v) is 12.1. The summed E-state index contributed by atoms with van der Waals surface area (Å²) in [7, 11) is 3.19. The van der Waals surface area contributed by atoms with Crippen molar-refractivity contribution in [2.45, 2.75) is 79.0 Å². The average molecular weight is 776 g/mol. The summed E-state index contributed by atoms with van der Waals surface area (Å²) in [6.07, 6.45) is 7.57. The highest BCUT2D eigenvalue weighted by Gasteiger charge is 2.42. The van der Waals surface area contributed by atoms with Crippen molar-refractivity contribution in [2.24, 2.45) is 0 Å². The number of piperazine rings is 1. The van der Waals surface area contributed by atoms with Gasteiger partial charge in [0, 0.05) is 67.3 Å². The van der Waals surface area contributed by atoms with Gasteiger partial charge in [-0.1, -0.05) is 50.4 Å². The maximum Gasteiger partial charge on any atom is 0.315 e. The Bertz CT molecular complexity index is 1410. The number of hydrogen-bond acceptors (Lipinski definition) is 13. The van der Waals surface area contributed by atoms with Gasteiger partial charge in [-0.05, 0) is 31.0 Å². The monoisotopic (exact) mass is 775 g/mol. The molecule has 3 saturated heterocycles. The summed E-state index contributed by atoms with van der Waals surface area (Å²) in [5.41, 5.74) is 0.730. The van der Waals surface area contributed by atoms with Crippen molar-refractivity contribution in [3.05, 3.63) is 24.3 Å². The molecule has 3 N–H and O–H groups in total. The molecule has 3 aliphatic heterocycles. The summed E-state index contributed by atoms with van der Waals surface area (Å²) < 4.78 is 28.6. The maximum atomic E-state index is 11.9. The fraction of sp³-hybridized carbons (Fsp3) is 0.676. The largest absolute Gasteiger partial charge is 0.480 e. The van der Waals surface area contributed by atoms with Gasteiger partial charge in [0.15, 0.2) is 0 Å². The molecule has 3 aliphatic rings. The number of benzene rings is 1. The number of unbranched alkanes of at least 4 members (excludes halogenated alkanes) is 4. The number of fused-ring (bicyclic) bond motifs is 1. The van der Waals surface area contributed by atoms with Crippen LogP contribution in [-0.2, 0) is 19.0 Å². The van der Waals surface area contributed by atoms with Gasteiger partial charge in [-0.25, -0.2) is 4.79 Å². The van der Waals surface area contributed by atoms with E-state index in [9.17, 15) is 9.59 Å². The summed E-state index contributed by atoms with van der Waals surface area (Å²) in [6, 6.07) is 8.26. The van der Waals surface area contributed by atoms with E-state index in [1.807, 2.05) is 43.0 Å². The fourth-order valence-corrected chi connectivity index (χ4v) is 9.08. The first-order valence-corrected chi connectivity index (χ1v) is 20.8. The molecule has 3 amide bonds.